The fourth-order valence-corrected chi connectivity index (χ4v) is 3.50. The van der Waals surface area contributed by atoms with Gasteiger partial charge in [-0.1, -0.05) is 6.07 Å². The van der Waals surface area contributed by atoms with Crippen molar-refractivity contribution in [2.75, 3.05) is 20.8 Å². The Morgan fingerprint density at radius 2 is 1.92 bits per heavy atom. The molecule has 0 aliphatic carbocycles. The number of methoxy groups -OCH3 is 2. The molecule has 1 heterocycles. The molecule has 1 fully saturated rings. The van der Waals surface area contributed by atoms with Gasteiger partial charge in [0.05, 0.1) is 14.2 Å². The first kappa shape index (κ1) is 18.4. The van der Waals surface area contributed by atoms with Gasteiger partial charge in [-0.3, -0.25) is 9.69 Å². The molecule has 1 atom stereocenters. The molecule has 0 aromatic heterocycles. The first-order chi connectivity index (χ1) is 12.6. The van der Waals surface area contributed by atoms with E-state index in [0.29, 0.717) is 12.0 Å². The van der Waals surface area contributed by atoms with Crippen LogP contribution >= 0.6 is 0 Å². The van der Waals surface area contributed by atoms with Gasteiger partial charge in [-0.2, -0.15) is 0 Å². The van der Waals surface area contributed by atoms with Crippen LogP contribution in [-0.4, -0.2) is 37.5 Å². The van der Waals surface area contributed by atoms with E-state index in [2.05, 4.69) is 4.90 Å². The third-order valence-electron chi connectivity index (χ3n) is 4.95. The molecule has 0 N–H and O–H groups in total. The zero-order valence-electron chi connectivity index (χ0n) is 15.2. The van der Waals surface area contributed by atoms with Crippen LogP contribution in [0.2, 0.25) is 0 Å². The largest absolute Gasteiger partial charge is 0.497 e. The molecule has 1 aliphatic rings. The molecule has 0 unspecified atom stereocenters. The van der Waals surface area contributed by atoms with Gasteiger partial charge in [-0.15, -0.1) is 0 Å². The molecule has 1 aliphatic heterocycles. The number of carbonyl (C=O) groups excluding carboxylic acids is 1. The molecular weight excluding hydrogens is 333 g/mol. The highest BCUT2D eigenvalue weighted by Crippen LogP contribution is 2.29. The molecule has 3 rings (SSSR count). The molecule has 1 saturated heterocycles. The highest BCUT2D eigenvalue weighted by atomic mass is 19.1. The van der Waals surface area contributed by atoms with Crippen molar-refractivity contribution in [3.63, 3.8) is 0 Å². The van der Waals surface area contributed by atoms with Crippen molar-refractivity contribution >= 4 is 5.78 Å². The lowest BCUT2D eigenvalue weighted by Crippen LogP contribution is -2.31. The van der Waals surface area contributed by atoms with E-state index in [1.165, 1.54) is 12.1 Å². The molecule has 0 saturated carbocycles. The van der Waals surface area contributed by atoms with Gasteiger partial charge in [0, 0.05) is 36.2 Å². The second-order valence-electron chi connectivity index (χ2n) is 6.58. The van der Waals surface area contributed by atoms with Crippen LogP contribution in [0, 0.1) is 5.82 Å². The molecule has 2 aromatic carbocycles. The zero-order chi connectivity index (χ0) is 18.5. The van der Waals surface area contributed by atoms with E-state index >= 15 is 0 Å². The summed E-state index contributed by atoms with van der Waals surface area (Å²) < 4.78 is 23.8. The van der Waals surface area contributed by atoms with Crippen molar-refractivity contribution in [2.45, 2.75) is 31.8 Å². The van der Waals surface area contributed by atoms with E-state index in [0.717, 1.165) is 43.0 Å². The summed E-state index contributed by atoms with van der Waals surface area (Å²) in [6, 6.07) is 11.8. The summed E-state index contributed by atoms with van der Waals surface area (Å²) in [6.07, 6.45) is 2.51. The lowest BCUT2D eigenvalue weighted by atomic mass is 10.0. The van der Waals surface area contributed by atoms with Crippen molar-refractivity contribution in [2.24, 2.45) is 0 Å². The Morgan fingerprint density at radius 1 is 1.15 bits per heavy atom. The maximum Gasteiger partial charge on any atom is 0.164 e. The molecule has 0 amide bonds. The summed E-state index contributed by atoms with van der Waals surface area (Å²) in [7, 11) is 3.28. The maximum atomic E-state index is 13.0. The molecule has 5 heteroatoms. The fraction of sp³-hybridized carbons (Fsp3) is 0.381. The van der Waals surface area contributed by atoms with Crippen molar-refractivity contribution in [3.8, 4) is 11.5 Å². The molecular formula is C21H24FNO3. The van der Waals surface area contributed by atoms with E-state index in [4.69, 9.17) is 9.47 Å². The minimum atomic E-state index is -0.323. The minimum absolute atomic E-state index is 0.0589. The number of ketones is 1. The number of carbonyl (C=O) groups is 1. The summed E-state index contributed by atoms with van der Waals surface area (Å²) in [5.74, 6) is 1.29. The summed E-state index contributed by atoms with van der Waals surface area (Å²) in [4.78, 5) is 14.9. The molecule has 0 bridgehead atoms. The topological polar surface area (TPSA) is 38.8 Å². The Kier molecular flexibility index (Phi) is 5.89. The van der Waals surface area contributed by atoms with Crippen molar-refractivity contribution in [1.82, 2.24) is 4.90 Å². The second-order valence-corrected chi connectivity index (χ2v) is 6.58. The number of rotatable bonds is 7. The highest BCUT2D eigenvalue weighted by molar-refractivity contribution is 5.96. The second kappa shape index (κ2) is 8.32. The number of Topliss-reactive ketones (excluding diaryl/α,β-unsaturated/α-hetero) is 1. The average molecular weight is 357 g/mol. The fourth-order valence-electron chi connectivity index (χ4n) is 3.50. The van der Waals surface area contributed by atoms with Gasteiger partial charge in [-0.25, -0.2) is 4.39 Å². The van der Waals surface area contributed by atoms with Crippen LogP contribution in [0.4, 0.5) is 4.39 Å². The molecule has 0 spiro atoms. The molecule has 0 radical (unpaired) electrons. The first-order valence-corrected chi connectivity index (χ1v) is 8.84. The van der Waals surface area contributed by atoms with Crippen LogP contribution in [0.5, 0.6) is 11.5 Å². The summed E-state index contributed by atoms with van der Waals surface area (Å²) in [5, 5.41) is 0. The maximum absolute atomic E-state index is 13.0. The molecule has 138 valence electrons. The number of ether oxygens (including phenoxy) is 2. The van der Waals surface area contributed by atoms with Crippen LogP contribution in [0.1, 0.15) is 35.2 Å². The monoisotopic (exact) mass is 357 g/mol. The number of hydrogen-bond donors (Lipinski definition) is 0. The molecule has 4 nitrogen and oxygen atoms in total. The number of likely N-dealkylation sites (tertiary alicyclic amines) is 1. The normalized spacial score (nSPS) is 17.3. The van der Waals surface area contributed by atoms with E-state index in [1.807, 2.05) is 18.2 Å². The van der Waals surface area contributed by atoms with Crippen LogP contribution in [0.25, 0.3) is 0 Å². The first-order valence-electron chi connectivity index (χ1n) is 8.84. The third-order valence-corrected chi connectivity index (χ3v) is 4.95. The van der Waals surface area contributed by atoms with Crippen LogP contribution < -0.4 is 9.47 Å². The number of nitrogens with zero attached hydrogens (tertiary/aromatic N) is 1. The Bertz CT molecular complexity index is 760. The van der Waals surface area contributed by atoms with E-state index < -0.39 is 0 Å². The predicted molar refractivity (Wildman–Crippen MR) is 98.3 cm³/mol. The minimum Gasteiger partial charge on any atom is -0.497 e. The van der Waals surface area contributed by atoms with Gasteiger partial charge in [0.15, 0.2) is 5.78 Å². The van der Waals surface area contributed by atoms with Crippen LogP contribution in [-0.2, 0) is 6.54 Å². The van der Waals surface area contributed by atoms with Gasteiger partial charge in [0.1, 0.15) is 17.3 Å². The average Bonchev–Trinajstić information content (AvgIpc) is 3.09. The van der Waals surface area contributed by atoms with E-state index in [1.54, 1.807) is 26.4 Å². The Hall–Kier alpha value is -2.40. The summed E-state index contributed by atoms with van der Waals surface area (Å²) in [6.45, 7) is 1.69. The number of benzene rings is 2. The highest BCUT2D eigenvalue weighted by Gasteiger charge is 2.27. The van der Waals surface area contributed by atoms with Gasteiger partial charge in [0.2, 0.25) is 0 Å². The molecule has 2 aromatic rings. The zero-order valence-corrected chi connectivity index (χ0v) is 15.2. The standard InChI is InChI=1S/C21H24FNO3/c1-25-19-10-7-16(21(13-19)26-2)14-23-11-3-4-18(23)12-20(24)15-5-8-17(22)9-6-15/h5-10,13,18H,3-4,11-12,14H2,1-2H3/t18-/m1/s1. The Morgan fingerprint density at radius 3 is 2.62 bits per heavy atom. The van der Waals surface area contributed by atoms with Crippen molar-refractivity contribution < 1.29 is 18.7 Å². The quantitative estimate of drug-likeness (QED) is 0.700. The molecule has 26 heavy (non-hydrogen) atoms. The lowest BCUT2D eigenvalue weighted by molar-refractivity contribution is 0.0938. The number of halogens is 1. The predicted octanol–water partition coefficient (Wildman–Crippen LogP) is 4.08. The summed E-state index contributed by atoms with van der Waals surface area (Å²) >= 11 is 0. The van der Waals surface area contributed by atoms with Gasteiger partial charge in [0.25, 0.3) is 0 Å². The Balaban J connectivity index is 1.68. The van der Waals surface area contributed by atoms with Crippen molar-refractivity contribution in [3.05, 3.63) is 59.4 Å². The third kappa shape index (κ3) is 4.22. The van der Waals surface area contributed by atoms with Crippen molar-refractivity contribution in [1.29, 1.82) is 0 Å². The Labute approximate surface area is 153 Å². The van der Waals surface area contributed by atoms with Crippen LogP contribution in [0.3, 0.4) is 0 Å². The number of hydrogen-bond acceptors (Lipinski definition) is 4. The van der Waals surface area contributed by atoms with Gasteiger partial charge in [-0.05, 0) is 49.7 Å². The SMILES string of the molecule is COc1ccc(CN2CCC[C@@H]2CC(=O)c2ccc(F)cc2)c(OC)c1. The van der Waals surface area contributed by atoms with Gasteiger partial charge >= 0.3 is 0 Å². The smallest absolute Gasteiger partial charge is 0.164 e. The summed E-state index contributed by atoms with van der Waals surface area (Å²) in [5.41, 5.74) is 1.65. The van der Waals surface area contributed by atoms with E-state index in [-0.39, 0.29) is 17.6 Å². The van der Waals surface area contributed by atoms with Crippen LogP contribution in [0.15, 0.2) is 42.5 Å². The van der Waals surface area contributed by atoms with Gasteiger partial charge < -0.3 is 9.47 Å². The van der Waals surface area contributed by atoms with E-state index in [9.17, 15) is 9.18 Å². The lowest BCUT2D eigenvalue weighted by Gasteiger charge is -2.25.